The van der Waals surface area contributed by atoms with E-state index < -0.39 is 0 Å². The Balaban J connectivity index is 1.54. The summed E-state index contributed by atoms with van der Waals surface area (Å²) >= 11 is 0. The average molecular weight is 404 g/mol. The summed E-state index contributed by atoms with van der Waals surface area (Å²) in [5, 5.41) is 4.53. The number of benzene rings is 2. The van der Waals surface area contributed by atoms with Crippen LogP contribution in [0.25, 0.3) is 6.08 Å². The van der Waals surface area contributed by atoms with Crippen molar-refractivity contribution >= 4 is 11.9 Å². The second-order valence-electron chi connectivity index (χ2n) is 7.21. The van der Waals surface area contributed by atoms with Crippen molar-refractivity contribution in [1.29, 1.82) is 0 Å². The van der Waals surface area contributed by atoms with Crippen molar-refractivity contribution in [2.45, 2.75) is 20.4 Å². The number of fused-ring (bicyclic) bond motifs is 1. The lowest BCUT2D eigenvalue weighted by atomic mass is 10.1. The number of aromatic nitrogens is 2. The maximum absolute atomic E-state index is 12.6. The number of nitrogens with zero attached hydrogens (tertiary/aromatic N) is 2. The Morgan fingerprint density at radius 1 is 1.10 bits per heavy atom. The Hall–Kier alpha value is -3.54. The zero-order valence-electron chi connectivity index (χ0n) is 17.3. The van der Waals surface area contributed by atoms with Crippen LogP contribution in [0.15, 0.2) is 48.5 Å². The maximum Gasteiger partial charge on any atom is 0.185 e. The highest BCUT2D eigenvalue weighted by molar-refractivity contribution is 6.07. The molecule has 30 heavy (non-hydrogen) atoms. The number of rotatable bonds is 6. The van der Waals surface area contributed by atoms with Crippen molar-refractivity contribution in [2.75, 3.05) is 20.3 Å². The summed E-state index contributed by atoms with van der Waals surface area (Å²) in [7, 11) is 1.65. The van der Waals surface area contributed by atoms with Gasteiger partial charge in [-0.05, 0) is 61.9 Å². The molecule has 1 aliphatic heterocycles. The molecule has 0 unspecified atom stereocenters. The third-order valence-corrected chi connectivity index (χ3v) is 4.98. The van der Waals surface area contributed by atoms with E-state index in [0.29, 0.717) is 36.8 Å². The fourth-order valence-corrected chi connectivity index (χ4v) is 3.49. The van der Waals surface area contributed by atoms with Crippen LogP contribution in [0.4, 0.5) is 0 Å². The zero-order chi connectivity index (χ0) is 21.1. The lowest BCUT2D eigenvalue weighted by Crippen LogP contribution is -2.15. The predicted octanol–water partition coefficient (Wildman–Crippen LogP) is 4.22. The van der Waals surface area contributed by atoms with Gasteiger partial charge in [-0.25, -0.2) is 0 Å². The van der Waals surface area contributed by atoms with Crippen LogP contribution in [-0.4, -0.2) is 35.9 Å². The average Bonchev–Trinajstić information content (AvgIpc) is 3.08. The number of ether oxygens (including phenoxy) is 3. The molecule has 4 rings (SSSR count). The number of carbonyl (C=O) groups excluding carboxylic acids is 1. The second kappa shape index (κ2) is 8.45. The van der Waals surface area contributed by atoms with Gasteiger partial charge in [-0.2, -0.15) is 5.10 Å². The minimum absolute atomic E-state index is 0.0945. The Bertz CT molecular complexity index is 1110. The van der Waals surface area contributed by atoms with Crippen molar-refractivity contribution in [3.63, 3.8) is 0 Å². The van der Waals surface area contributed by atoms with Crippen LogP contribution in [0.1, 0.15) is 32.9 Å². The molecule has 0 amide bonds. The summed E-state index contributed by atoms with van der Waals surface area (Å²) < 4.78 is 18.5. The first-order chi connectivity index (χ1) is 14.5. The number of methoxy groups -OCH3 is 1. The number of hydrogen-bond acceptors (Lipinski definition) is 5. The van der Waals surface area contributed by atoms with Gasteiger partial charge in [-0.15, -0.1) is 0 Å². The van der Waals surface area contributed by atoms with Gasteiger partial charge >= 0.3 is 0 Å². The fraction of sp³-hybridized carbons (Fsp3) is 0.250. The van der Waals surface area contributed by atoms with Crippen molar-refractivity contribution in [1.82, 2.24) is 9.78 Å². The third kappa shape index (κ3) is 4.22. The Kier molecular flexibility index (Phi) is 5.57. The summed E-state index contributed by atoms with van der Waals surface area (Å²) in [6.45, 7) is 5.62. The topological polar surface area (TPSA) is 62.6 Å². The van der Waals surface area contributed by atoms with Crippen LogP contribution in [0.2, 0.25) is 0 Å². The molecule has 3 aromatic rings. The molecule has 0 radical (unpaired) electrons. The summed E-state index contributed by atoms with van der Waals surface area (Å²) in [6.07, 6.45) is 3.38. The molecular weight excluding hydrogens is 380 g/mol. The number of hydrogen-bond donors (Lipinski definition) is 0. The van der Waals surface area contributed by atoms with E-state index in [0.717, 1.165) is 28.3 Å². The minimum atomic E-state index is -0.0945. The molecule has 0 aliphatic carbocycles. The number of carbonyl (C=O) groups is 1. The largest absolute Gasteiger partial charge is 0.496 e. The van der Waals surface area contributed by atoms with Gasteiger partial charge in [0, 0.05) is 16.8 Å². The molecule has 6 nitrogen and oxygen atoms in total. The van der Waals surface area contributed by atoms with Gasteiger partial charge in [0.2, 0.25) is 0 Å². The quantitative estimate of drug-likeness (QED) is 0.455. The van der Waals surface area contributed by atoms with Crippen molar-refractivity contribution in [3.8, 4) is 17.2 Å². The van der Waals surface area contributed by atoms with Crippen molar-refractivity contribution in [2.24, 2.45) is 0 Å². The molecule has 0 spiro atoms. The molecule has 0 saturated heterocycles. The molecule has 0 atom stereocenters. The lowest BCUT2D eigenvalue weighted by molar-refractivity contribution is 0.104. The molecule has 0 saturated carbocycles. The van der Waals surface area contributed by atoms with E-state index >= 15 is 0 Å². The summed E-state index contributed by atoms with van der Waals surface area (Å²) in [6, 6.07) is 13.2. The molecule has 2 aromatic carbocycles. The van der Waals surface area contributed by atoms with Crippen LogP contribution >= 0.6 is 0 Å². The Morgan fingerprint density at radius 3 is 2.63 bits per heavy atom. The van der Waals surface area contributed by atoms with Crippen LogP contribution in [0, 0.1) is 13.8 Å². The molecule has 154 valence electrons. The SMILES string of the molecule is COc1ccc(/C=C/C(=O)c2ccc3c(c2)OCCO3)cc1Cn1nc(C)cc1C. The van der Waals surface area contributed by atoms with Crippen LogP contribution < -0.4 is 14.2 Å². The van der Waals surface area contributed by atoms with Crippen LogP contribution in [0.3, 0.4) is 0 Å². The van der Waals surface area contributed by atoms with Crippen LogP contribution in [0.5, 0.6) is 17.2 Å². The van der Waals surface area contributed by atoms with E-state index in [1.54, 1.807) is 31.4 Å². The van der Waals surface area contributed by atoms with E-state index in [-0.39, 0.29) is 5.78 Å². The summed E-state index contributed by atoms with van der Waals surface area (Å²) in [5.74, 6) is 1.98. The zero-order valence-corrected chi connectivity index (χ0v) is 17.3. The van der Waals surface area contributed by atoms with Crippen LogP contribution in [-0.2, 0) is 6.54 Å². The van der Waals surface area contributed by atoms with Gasteiger partial charge in [0.1, 0.15) is 19.0 Å². The molecule has 2 heterocycles. The van der Waals surface area contributed by atoms with Crippen molar-refractivity contribution < 1.29 is 19.0 Å². The summed E-state index contributed by atoms with van der Waals surface area (Å²) in [4.78, 5) is 12.6. The lowest BCUT2D eigenvalue weighted by Gasteiger charge is -2.18. The molecule has 1 aromatic heterocycles. The monoisotopic (exact) mass is 404 g/mol. The standard InChI is InChI=1S/C24H24N2O4/c1-16-12-17(2)26(25-16)15-20-13-18(5-8-22(20)28-3)4-7-21(27)19-6-9-23-24(14-19)30-11-10-29-23/h4-9,12-14H,10-11,15H2,1-3H3/b7-4+. The first kappa shape index (κ1) is 19.8. The van der Waals surface area contributed by atoms with Gasteiger partial charge in [-0.1, -0.05) is 12.1 Å². The predicted molar refractivity (Wildman–Crippen MR) is 115 cm³/mol. The third-order valence-electron chi connectivity index (χ3n) is 4.98. The first-order valence-corrected chi connectivity index (χ1v) is 9.83. The van der Waals surface area contributed by atoms with E-state index in [1.165, 1.54) is 0 Å². The molecule has 0 N–H and O–H groups in total. The van der Waals surface area contributed by atoms with E-state index in [1.807, 2.05) is 48.9 Å². The van der Waals surface area contributed by atoms with E-state index in [4.69, 9.17) is 14.2 Å². The summed E-state index contributed by atoms with van der Waals surface area (Å²) in [5.41, 5.74) is 4.54. The van der Waals surface area contributed by atoms with Gasteiger partial charge in [0.05, 0.1) is 19.3 Å². The Labute approximate surface area is 175 Å². The van der Waals surface area contributed by atoms with Gasteiger partial charge in [0.15, 0.2) is 17.3 Å². The molecular formula is C24H24N2O4. The Morgan fingerprint density at radius 2 is 1.90 bits per heavy atom. The number of ketones is 1. The molecule has 0 fully saturated rings. The highest BCUT2D eigenvalue weighted by atomic mass is 16.6. The molecule has 6 heteroatoms. The first-order valence-electron chi connectivity index (χ1n) is 9.83. The minimum Gasteiger partial charge on any atom is -0.496 e. The van der Waals surface area contributed by atoms with E-state index in [2.05, 4.69) is 5.10 Å². The van der Waals surface area contributed by atoms with Gasteiger partial charge in [-0.3, -0.25) is 9.48 Å². The fourth-order valence-electron chi connectivity index (χ4n) is 3.49. The smallest absolute Gasteiger partial charge is 0.185 e. The number of allylic oxidation sites excluding steroid dienone is 1. The second-order valence-corrected chi connectivity index (χ2v) is 7.21. The van der Waals surface area contributed by atoms with Crippen molar-refractivity contribution in [3.05, 3.63) is 76.6 Å². The molecule has 1 aliphatic rings. The van der Waals surface area contributed by atoms with Gasteiger partial charge in [0.25, 0.3) is 0 Å². The normalized spacial score (nSPS) is 12.9. The highest BCUT2D eigenvalue weighted by Gasteiger charge is 2.14. The highest BCUT2D eigenvalue weighted by Crippen LogP contribution is 2.31. The molecule has 0 bridgehead atoms. The van der Waals surface area contributed by atoms with Gasteiger partial charge < -0.3 is 14.2 Å². The maximum atomic E-state index is 12.6. The number of aryl methyl sites for hydroxylation is 2. The van der Waals surface area contributed by atoms with E-state index in [9.17, 15) is 4.79 Å².